The quantitative estimate of drug-likeness (QED) is 0.308. The number of anilines is 1. The van der Waals surface area contributed by atoms with Gasteiger partial charge in [0.25, 0.3) is 10.0 Å². The molecule has 0 aliphatic heterocycles. The van der Waals surface area contributed by atoms with Crippen LogP contribution < -0.4 is 9.62 Å². The SMILES string of the molecule is Cc1ccc(S(=O)(=O)N(CC(=O)N(Cc2ccccc2)[C@@H](C)C(=O)NC(C)(C)C)c2ccc(Cl)c(C(F)(F)F)c2)cc1. The van der Waals surface area contributed by atoms with Crippen LogP contribution in [0.2, 0.25) is 5.02 Å². The van der Waals surface area contributed by atoms with Crippen molar-refractivity contribution in [2.45, 2.75) is 63.8 Å². The molecule has 0 aliphatic carbocycles. The highest BCUT2D eigenvalue weighted by atomic mass is 35.5. The lowest BCUT2D eigenvalue weighted by Crippen LogP contribution is -2.54. The first kappa shape index (κ1) is 32.9. The van der Waals surface area contributed by atoms with Gasteiger partial charge < -0.3 is 10.2 Å². The van der Waals surface area contributed by atoms with Gasteiger partial charge in [-0.3, -0.25) is 13.9 Å². The largest absolute Gasteiger partial charge is 0.417 e. The van der Waals surface area contributed by atoms with Crippen LogP contribution in [0, 0.1) is 6.92 Å². The predicted octanol–water partition coefficient (Wildman–Crippen LogP) is 6.19. The van der Waals surface area contributed by atoms with Crippen LogP contribution in [0.5, 0.6) is 0 Å². The van der Waals surface area contributed by atoms with Gasteiger partial charge in [-0.1, -0.05) is 59.6 Å². The van der Waals surface area contributed by atoms with E-state index in [4.69, 9.17) is 11.6 Å². The summed E-state index contributed by atoms with van der Waals surface area (Å²) < 4.78 is 69.6. The number of halogens is 4. The van der Waals surface area contributed by atoms with Crippen molar-refractivity contribution in [3.05, 3.63) is 94.5 Å². The number of benzene rings is 3. The van der Waals surface area contributed by atoms with Crippen molar-refractivity contribution in [2.24, 2.45) is 0 Å². The topological polar surface area (TPSA) is 86.8 Å². The average Bonchev–Trinajstić information content (AvgIpc) is 2.89. The highest BCUT2D eigenvalue weighted by Gasteiger charge is 2.37. The van der Waals surface area contributed by atoms with Gasteiger partial charge in [0.2, 0.25) is 11.8 Å². The van der Waals surface area contributed by atoms with Gasteiger partial charge in [0, 0.05) is 12.1 Å². The number of hydrogen-bond acceptors (Lipinski definition) is 4. The molecule has 7 nitrogen and oxygen atoms in total. The summed E-state index contributed by atoms with van der Waals surface area (Å²) in [5.74, 6) is -1.28. The van der Waals surface area contributed by atoms with Crippen molar-refractivity contribution in [2.75, 3.05) is 10.8 Å². The van der Waals surface area contributed by atoms with Crippen LogP contribution in [0.1, 0.15) is 44.4 Å². The Morgan fingerprint density at radius 1 is 0.952 bits per heavy atom. The van der Waals surface area contributed by atoms with Crippen LogP contribution >= 0.6 is 11.6 Å². The zero-order valence-corrected chi connectivity index (χ0v) is 25.4. The summed E-state index contributed by atoms with van der Waals surface area (Å²) >= 11 is 5.80. The lowest BCUT2D eigenvalue weighted by molar-refractivity contribution is -0.140. The molecule has 3 rings (SSSR count). The number of sulfonamides is 1. The molecule has 0 aliphatic rings. The van der Waals surface area contributed by atoms with Gasteiger partial charge >= 0.3 is 6.18 Å². The maximum atomic E-state index is 13.9. The molecule has 0 heterocycles. The van der Waals surface area contributed by atoms with E-state index < -0.39 is 62.4 Å². The summed E-state index contributed by atoms with van der Waals surface area (Å²) in [5, 5.41) is 2.19. The molecule has 2 amide bonds. The maximum Gasteiger partial charge on any atom is 0.417 e. The van der Waals surface area contributed by atoms with E-state index in [1.807, 2.05) is 0 Å². The van der Waals surface area contributed by atoms with Crippen molar-refractivity contribution in [3.63, 3.8) is 0 Å². The molecular formula is C30H33ClF3N3O4S. The number of carbonyl (C=O) groups is 2. The van der Waals surface area contributed by atoms with Gasteiger partial charge in [-0.15, -0.1) is 0 Å². The number of alkyl halides is 3. The van der Waals surface area contributed by atoms with Gasteiger partial charge in [-0.25, -0.2) is 8.42 Å². The highest BCUT2D eigenvalue weighted by molar-refractivity contribution is 7.92. The van der Waals surface area contributed by atoms with Crippen molar-refractivity contribution in [1.82, 2.24) is 10.2 Å². The lowest BCUT2D eigenvalue weighted by atomic mass is 10.1. The number of hydrogen-bond donors (Lipinski definition) is 1. The Kier molecular flexibility index (Phi) is 10.00. The predicted molar refractivity (Wildman–Crippen MR) is 157 cm³/mol. The van der Waals surface area contributed by atoms with Crippen molar-refractivity contribution in [1.29, 1.82) is 0 Å². The third kappa shape index (κ3) is 8.25. The van der Waals surface area contributed by atoms with E-state index in [1.165, 1.54) is 36.1 Å². The Balaban J connectivity index is 2.12. The summed E-state index contributed by atoms with van der Waals surface area (Å²) in [7, 11) is -4.55. The molecular weight excluding hydrogens is 591 g/mol. The van der Waals surface area contributed by atoms with E-state index in [1.54, 1.807) is 58.0 Å². The van der Waals surface area contributed by atoms with Gasteiger partial charge in [0.15, 0.2) is 0 Å². The van der Waals surface area contributed by atoms with E-state index in [2.05, 4.69) is 5.32 Å². The van der Waals surface area contributed by atoms with Gasteiger partial charge in [-0.05, 0) is 70.5 Å². The second-order valence-corrected chi connectivity index (χ2v) is 13.2. The smallest absolute Gasteiger partial charge is 0.350 e. The van der Waals surface area contributed by atoms with Crippen LogP contribution in [0.15, 0.2) is 77.7 Å². The van der Waals surface area contributed by atoms with Crippen molar-refractivity contribution in [3.8, 4) is 0 Å². The molecule has 1 atom stereocenters. The molecule has 3 aromatic carbocycles. The van der Waals surface area contributed by atoms with Crippen LogP contribution in [0.4, 0.5) is 18.9 Å². The summed E-state index contributed by atoms with van der Waals surface area (Å²) in [4.78, 5) is 28.0. The molecule has 42 heavy (non-hydrogen) atoms. The van der Waals surface area contributed by atoms with E-state index in [0.29, 0.717) is 15.9 Å². The summed E-state index contributed by atoms with van der Waals surface area (Å²) in [5.41, 5.74) is -0.857. The molecule has 3 aromatic rings. The molecule has 0 bridgehead atoms. The second kappa shape index (κ2) is 12.7. The van der Waals surface area contributed by atoms with E-state index in [9.17, 15) is 31.2 Å². The Morgan fingerprint density at radius 3 is 2.10 bits per heavy atom. The standard InChI is InChI=1S/C30H33ClF3N3O4S/c1-20-11-14-24(15-12-20)42(40,41)37(23-13-16-26(31)25(17-23)30(32,33)34)19-27(38)36(18-22-9-7-6-8-10-22)21(2)28(39)35-29(3,4)5/h6-17,21H,18-19H2,1-5H3,(H,35,39)/t21-/m0/s1. The Morgan fingerprint density at radius 2 is 1.55 bits per heavy atom. The molecule has 12 heteroatoms. The van der Waals surface area contributed by atoms with Crippen LogP contribution in [-0.2, 0) is 32.3 Å². The summed E-state index contributed by atoms with van der Waals surface area (Å²) in [6.45, 7) is 7.64. The van der Waals surface area contributed by atoms with Gasteiger partial charge in [0.05, 0.1) is 21.2 Å². The minimum Gasteiger partial charge on any atom is -0.350 e. The lowest BCUT2D eigenvalue weighted by Gasteiger charge is -2.33. The third-order valence-electron chi connectivity index (χ3n) is 6.29. The molecule has 0 spiro atoms. The van der Waals surface area contributed by atoms with E-state index in [0.717, 1.165) is 17.7 Å². The zero-order chi connectivity index (χ0) is 31.5. The van der Waals surface area contributed by atoms with Gasteiger partial charge in [-0.2, -0.15) is 13.2 Å². The number of aryl methyl sites for hydroxylation is 1. The van der Waals surface area contributed by atoms with E-state index >= 15 is 0 Å². The van der Waals surface area contributed by atoms with Crippen molar-refractivity contribution >= 4 is 39.1 Å². The number of nitrogens with zero attached hydrogens (tertiary/aromatic N) is 2. The fraction of sp³-hybridized carbons (Fsp3) is 0.333. The van der Waals surface area contributed by atoms with Crippen LogP contribution in [0.3, 0.4) is 0 Å². The third-order valence-corrected chi connectivity index (χ3v) is 8.41. The average molecular weight is 624 g/mol. The minimum atomic E-state index is -4.88. The molecule has 0 saturated carbocycles. The number of amides is 2. The fourth-order valence-electron chi connectivity index (χ4n) is 4.09. The Hall–Kier alpha value is -3.57. The zero-order valence-electron chi connectivity index (χ0n) is 23.9. The summed E-state index contributed by atoms with van der Waals surface area (Å²) in [6, 6.07) is 16.0. The number of rotatable bonds is 9. The molecule has 0 aromatic heterocycles. The summed E-state index contributed by atoms with van der Waals surface area (Å²) in [6.07, 6.45) is -4.88. The van der Waals surface area contributed by atoms with Crippen LogP contribution in [-0.4, -0.2) is 43.3 Å². The fourth-order valence-corrected chi connectivity index (χ4v) is 5.72. The molecule has 0 unspecified atom stereocenters. The first-order valence-electron chi connectivity index (χ1n) is 13.0. The Bertz CT molecular complexity index is 1520. The molecule has 0 radical (unpaired) electrons. The maximum absolute atomic E-state index is 13.9. The minimum absolute atomic E-state index is 0.0504. The molecule has 0 saturated heterocycles. The van der Waals surface area contributed by atoms with Crippen molar-refractivity contribution < 1.29 is 31.2 Å². The number of nitrogens with one attached hydrogen (secondary N) is 1. The first-order chi connectivity index (χ1) is 19.4. The first-order valence-corrected chi connectivity index (χ1v) is 14.8. The van der Waals surface area contributed by atoms with E-state index in [-0.39, 0.29) is 11.4 Å². The molecule has 0 fully saturated rings. The van der Waals surface area contributed by atoms with Crippen LogP contribution in [0.25, 0.3) is 0 Å². The Labute approximate surface area is 249 Å². The normalized spacial score (nSPS) is 12.9. The highest BCUT2D eigenvalue weighted by Crippen LogP contribution is 2.38. The molecule has 1 N–H and O–H groups in total. The monoisotopic (exact) mass is 623 g/mol. The van der Waals surface area contributed by atoms with Gasteiger partial charge in [0.1, 0.15) is 12.6 Å². The number of carbonyl (C=O) groups excluding carboxylic acids is 2. The second-order valence-electron chi connectivity index (χ2n) is 10.9. The molecule has 226 valence electrons.